The molecule has 1 atom stereocenters. The van der Waals surface area contributed by atoms with Gasteiger partial charge in [0, 0.05) is 11.3 Å². The van der Waals surface area contributed by atoms with Crippen molar-refractivity contribution in [2.24, 2.45) is 0 Å². The molecular weight excluding hydrogens is 340 g/mol. The van der Waals surface area contributed by atoms with E-state index in [1.807, 2.05) is 37.3 Å². The second-order valence-electron chi connectivity index (χ2n) is 6.17. The molecule has 1 unspecified atom stereocenters. The Morgan fingerprint density at radius 1 is 0.889 bits per heavy atom. The zero-order valence-electron chi connectivity index (χ0n) is 15.1. The molecule has 6 heteroatoms. The minimum atomic E-state index is -0.281. The molecule has 27 heavy (non-hydrogen) atoms. The minimum Gasteiger partial charge on any atom is -0.344 e. The van der Waals surface area contributed by atoms with Crippen molar-refractivity contribution in [1.29, 1.82) is 0 Å². The number of nitrogens with one attached hydrogen (secondary N) is 2. The lowest BCUT2D eigenvalue weighted by atomic mass is 10.1. The number of Topliss-reactive ketones (excluding diaryl/α,β-unsaturated/α-hetero) is 1. The molecule has 0 aliphatic heterocycles. The van der Waals surface area contributed by atoms with E-state index in [1.54, 1.807) is 36.4 Å². The Labute approximate surface area is 157 Å². The van der Waals surface area contributed by atoms with Crippen LogP contribution < -0.4 is 10.6 Å². The normalized spacial score (nSPS) is 11.5. The second-order valence-corrected chi connectivity index (χ2v) is 6.17. The number of rotatable bonds is 6. The van der Waals surface area contributed by atoms with E-state index in [4.69, 9.17) is 0 Å². The largest absolute Gasteiger partial charge is 0.344 e. The molecule has 3 rings (SSSR count). The lowest BCUT2D eigenvalue weighted by Gasteiger charge is -2.13. The van der Waals surface area contributed by atoms with Gasteiger partial charge in [0.1, 0.15) is 0 Å². The quantitative estimate of drug-likeness (QED) is 0.651. The first-order valence-electron chi connectivity index (χ1n) is 8.60. The van der Waals surface area contributed by atoms with Crippen LogP contribution in [0.2, 0.25) is 0 Å². The van der Waals surface area contributed by atoms with Gasteiger partial charge in [-0.05, 0) is 55.8 Å². The number of ketones is 1. The number of carbonyl (C=O) groups excluding carboxylic acids is 2. The van der Waals surface area contributed by atoms with Gasteiger partial charge in [0.05, 0.1) is 6.04 Å². The summed E-state index contributed by atoms with van der Waals surface area (Å²) in [5, 5.41) is 14.0. The number of amides is 1. The number of anilines is 2. The molecule has 1 aromatic heterocycles. The van der Waals surface area contributed by atoms with Gasteiger partial charge in [-0.25, -0.2) is 0 Å². The number of carbonyl (C=O) groups is 2. The van der Waals surface area contributed by atoms with Gasteiger partial charge in [-0.15, -0.1) is 10.2 Å². The maximum absolute atomic E-state index is 12.3. The number of aromatic nitrogens is 2. The highest BCUT2D eigenvalue weighted by Crippen LogP contribution is 2.16. The Morgan fingerprint density at radius 2 is 1.59 bits per heavy atom. The third-order valence-electron chi connectivity index (χ3n) is 4.11. The first kappa shape index (κ1) is 18.3. The molecule has 3 aromatic rings. The monoisotopic (exact) mass is 360 g/mol. The van der Waals surface area contributed by atoms with Crippen molar-refractivity contribution in [2.45, 2.75) is 19.9 Å². The zero-order valence-corrected chi connectivity index (χ0v) is 15.1. The first-order valence-corrected chi connectivity index (χ1v) is 8.60. The number of benzene rings is 2. The van der Waals surface area contributed by atoms with Crippen molar-refractivity contribution < 1.29 is 9.59 Å². The van der Waals surface area contributed by atoms with Crippen LogP contribution in [0.3, 0.4) is 0 Å². The van der Waals surface area contributed by atoms with Crippen molar-refractivity contribution >= 4 is 23.2 Å². The van der Waals surface area contributed by atoms with Crippen molar-refractivity contribution in [1.82, 2.24) is 15.5 Å². The van der Waals surface area contributed by atoms with Gasteiger partial charge in [-0.2, -0.15) is 0 Å². The predicted octanol–water partition coefficient (Wildman–Crippen LogP) is 3.91. The molecular formula is C21H20N4O2. The van der Waals surface area contributed by atoms with E-state index in [0.717, 1.165) is 11.3 Å². The van der Waals surface area contributed by atoms with Gasteiger partial charge in [0.25, 0.3) is 5.91 Å². The molecule has 0 bridgehead atoms. The van der Waals surface area contributed by atoms with Crippen LogP contribution in [0, 0.1) is 0 Å². The average Bonchev–Trinajstić information content (AvgIpc) is 2.69. The van der Waals surface area contributed by atoms with Crippen molar-refractivity contribution in [3.8, 4) is 0 Å². The van der Waals surface area contributed by atoms with Gasteiger partial charge in [0.2, 0.25) is 0 Å². The Bertz CT molecular complexity index is 923. The van der Waals surface area contributed by atoms with Gasteiger partial charge in [-0.1, -0.05) is 30.3 Å². The summed E-state index contributed by atoms with van der Waals surface area (Å²) in [6.07, 6.45) is 0. The lowest BCUT2D eigenvalue weighted by molar-refractivity contribution is 0.0933. The molecule has 0 saturated carbocycles. The summed E-state index contributed by atoms with van der Waals surface area (Å²) in [5.41, 5.74) is 2.69. The summed E-state index contributed by atoms with van der Waals surface area (Å²) in [6.45, 7) is 3.44. The van der Waals surface area contributed by atoms with Crippen LogP contribution in [0.5, 0.6) is 0 Å². The van der Waals surface area contributed by atoms with Gasteiger partial charge in [0.15, 0.2) is 17.3 Å². The molecule has 0 saturated heterocycles. The summed E-state index contributed by atoms with van der Waals surface area (Å²) in [4.78, 5) is 23.6. The Kier molecular flexibility index (Phi) is 5.56. The van der Waals surface area contributed by atoms with Crippen LogP contribution in [-0.2, 0) is 0 Å². The average molecular weight is 360 g/mol. The van der Waals surface area contributed by atoms with E-state index in [-0.39, 0.29) is 23.4 Å². The topological polar surface area (TPSA) is 84.0 Å². The van der Waals surface area contributed by atoms with Gasteiger partial charge < -0.3 is 10.6 Å². The van der Waals surface area contributed by atoms with Gasteiger partial charge in [-0.3, -0.25) is 9.59 Å². The standard InChI is InChI=1S/C21H20N4O2/c1-14(16-6-4-3-5-7-16)22-21(27)19-12-13-20(25-24-19)23-18-10-8-17(9-11-18)15(2)26/h3-14H,1-2H3,(H,22,27)(H,23,25). The number of nitrogens with zero attached hydrogens (tertiary/aromatic N) is 2. The molecule has 2 N–H and O–H groups in total. The van der Waals surface area contributed by atoms with Crippen LogP contribution in [0.25, 0.3) is 0 Å². The molecule has 0 aliphatic carbocycles. The van der Waals surface area contributed by atoms with E-state index in [1.165, 1.54) is 6.92 Å². The fraction of sp³-hybridized carbons (Fsp3) is 0.143. The third kappa shape index (κ3) is 4.76. The van der Waals surface area contributed by atoms with Gasteiger partial charge >= 0.3 is 0 Å². The van der Waals surface area contributed by atoms with E-state index < -0.39 is 0 Å². The Hall–Kier alpha value is -3.54. The molecule has 0 spiro atoms. The van der Waals surface area contributed by atoms with Crippen LogP contribution in [-0.4, -0.2) is 21.9 Å². The molecule has 0 aliphatic rings. The summed E-state index contributed by atoms with van der Waals surface area (Å²) in [5.74, 6) is 0.246. The van der Waals surface area contributed by atoms with Crippen LogP contribution in [0.4, 0.5) is 11.5 Å². The second kappa shape index (κ2) is 8.23. The Balaban J connectivity index is 1.62. The highest BCUT2D eigenvalue weighted by Gasteiger charge is 2.13. The van der Waals surface area contributed by atoms with E-state index >= 15 is 0 Å². The molecule has 0 radical (unpaired) electrons. The lowest BCUT2D eigenvalue weighted by Crippen LogP contribution is -2.27. The fourth-order valence-electron chi connectivity index (χ4n) is 2.55. The smallest absolute Gasteiger partial charge is 0.272 e. The fourth-order valence-corrected chi connectivity index (χ4v) is 2.55. The van der Waals surface area contributed by atoms with Crippen LogP contribution in [0.1, 0.15) is 46.3 Å². The highest BCUT2D eigenvalue weighted by molar-refractivity contribution is 5.94. The minimum absolute atomic E-state index is 0.0152. The molecule has 1 heterocycles. The first-order chi connectivity index (χ1) is 13.0. The number of hydrogen-bond acceptors (Lipinski definition) is 5. The van der Waals surface area contributed by atoms with E-state index in [9.17, 15) is 9.59 Å². The van der Waals surface area contributed by atoms with Crippen LogP contribution in [0.15, 0.2) is 66.7 Å². The number of hydrogen-bond donors (Lipinski definition) is 2. The predicted molar refractivity (Wildman–Crippen MR) is 104 cm³/mol. The zero-order chi connectivity index (χ0) is 19.2. The van der Waals surface area contributed by atoms with E-state index in [0.29, 0.717) is 11.4 Å². The third-order valence-corrected chi connectivity index (χ3v) is 4.11. The SMILES string of the molecule is CC(=O)c1ccc(Nc2ccc(C(=O)NC(C)c3ccccc3)nn2)cc1. The van der Waals surface area contributed by atoms with Crippen molar-refractivity contribution in [3.05, 3.63) is 83.6 Å². The van der Waals surface area contributed by atoms with Crippen molar-refractivity contribution in [3.63, 3.8) is 0 Å². The molecule has 136 valence electrons. The molecule has 0 fully saturated rings. The maximum Gasteiger partial charge on any atom is 0.272 e. The van der Waals surface area contributed by atoms with Crippen LogP contribution >= 0.6 is 0 Å². The summed E-state index contributed by atoms with van der Waals surface area (Å²) < 4.78 is 0. The van der Waals surface area contributed by atoms with Crippen molar-refractivity contribution in [2.75, 3.05) is 5.32 Å². The maximum atomic E-state index is 12.3. The molecule has 2 aromatic carbocycles. The summed E-state index contributed by atoms with van der Waals surface area (Å²) >= 11 is 0. The highest BCUT2D eigenvalue weighted by atomic mass is 16.2. The summed E-state index contributed by atoms with van der Waals surface area (Å²) in [6, 6.07) is 20.0. The Morgan fingerprint density at radius 3 is 2.19 bits per heavy atom. The summed E-state index contributed by atoms with van der Waals surface area (Å²) in [7, 11) is 0. The molecule has 1 amide bonds. The molecule has 6 nitrogen and oxygen atoms in total. The van der Waals surface area contributed by atoms with E-state index in [2.05, 4.69) is 20.8 Å².